The van der Waals surface area contributed by atoms with Crippen molar-refractivity contribution in [1.29, 1.82) is 0 Å². The van der Waals surface area contributed by atoms with Crippen LogP contribution in [0.25, 0.3) is 0 Å². The highest BCUT2D eigenvalue weighted by Crippen LogP contribution is 2.26. The van der Waals surface area contributed by atoms with Gasteiger partial charge in [-0.25, -0.2) is 0 Å². The molecule has 0 amide bonds. The Labute approximate surface area is 113 Å². The Morgan fingerprint density at radius 1 is 1.42 bits per heavy atom. The van der Waals surface area contributed by atoms with Crippen molar-refractivity contribution in [3.8, 4) is 0 Å². The summed E-state index contributed by atoms with van der Waals surface area (Å²) in [5.41, 5.74) is 6.24. The molecule has 2 N–H and O–H groups in total. The van der Waals surface area contributed by atoms with Gasteiger partial charge in [0.15, 0.2) is 0 Å². The first-order valence-corrected chi connectivity index (χ1v) is 6.83. The Morgan fingerprint density at radius 3 is 3.11 bits per heavy atom. The Balaban J connectivity index is 1.78. The standard InChI is InChI=1S/C15H20N4/c1-11-14(10-19(2)18-11)17-9-13-6-3-5-12-7-4-8-16-15(12)13/h3,5-6,10,16-17H,4,7-9H2,1-2H3. The van der Waals surface area contributed by atoms with E-state index in [1.807, 2.05) is 24.9 Å². The number of hydrogen-bond acceptors (Lipinski definition) is 3. The fourth-order valence-corrected chi connectivity index (χ4v) is 2.69. The number of para-hydroxylation sites is 1. The molecule has 4 nitrogen and oxygen atoms in total. The molecule has 0 spiro atoms. The van der Waals surface area contributed by atoms with Crippen LogP contribution >= 0.6 is 0 Å². The van der Waals surface area contributed by atoms with E-state index in [0.717, 1.165) is 24.5 Å². The lowest BCUT2D eigenvalue weighted by molar-refractivity contribution is 0.756. The van der Waals surface area contributed by atoms with Gasteiger partial charge in [0.2, 0.25) is 0 Å². The molecule has 1 aliphatic rings. The van der Waals surface area contributed by atoms with Gasteiger partial charge in [-0.3, -0.25) is 4.68 Å². The number of anilines is 2. The van der Waals surface area contributed by atoms with Crippen LogP contribution < -0.4 is 10.6 Å². The van der Waals surface area contributed by atoms with Crippen molar-refractivity contribution in [2.45, 2.75) is 26.3 Å². The van der Waals surface area contributed by atoms with E-state index in [0.29, 0.717) is 0 Å². The van der Waals surface area contributed by atoms with E-state index in [9.17, 15) is 0 Å². The van der Waals surface area contributed by atoms with Gasteiger partial charge in [-0.1, -0.05) is 18.2 Å². The predicted octanol–water partition coefficient (Wildman–Crippen LogP) is 2.70. The first kappa shape index (κ1) is 12.1. The average molecular weight is 256 g/mol. The van der Waals surface area contributed by atoms with Gasteiger partial charge in [0.1, 0.15) is 0 Å². The molecule has 4 heteroatoms. The van der Waals surface area contributed by atoms with Gasteiger partial charge in [0, 0.05) is 32.0 Å². The molecule has 0 bridgehead atoms. The zero-order chi connectivity index (χ0) is 13.2. The minimum Gasteiger partial charge on any atom is -0.385 e. The molecule has 0 saturated carbocycles. The summed E-state index contributed by atoms with van der Waals surface area (Å²) in [6.45, 7) is 3.94. The smallest absolute Gasteiger partial charge is 0.0825 e. The molecule has 0 fully saturated rings. The van der Waals surface area contributed by atoms with Crippen LogP contribution in [0.1, 0.15) is 23.2 Å². The molecule has 0 atom stereocenters. The van der Waals surface area contributed by atoms with E-state index in [1.165, 1.54) is 29.7 Å². The molecule has 2 aromatic rings. The van der Waals surface area contributed by atoms with E-state index < -0.39 is 0 Å². The van der Waals surface area contributed by atoms with Gasteiger partial charge in [0.05, 0.1) is 11.4 Å². The lowest BCUT2D eigenvalue weighted by Gasteiger charge is -2.21. The van der Waals surface area contributed by atoms with Crippen LogP contribution in [-0.4, -0.2) is 16.3 Å². The summed E-state index contributed by atoms with van der Waals surface area (Å²) in [7, 11) is 1.95. The van der Waals surface area contributed by atoms with Crippen LogP contribution in [0.5, 0.6) is 0 Å². The number of hydrogen-bond donors (Lipinski definition) is 2. The zero-order valence-electron chi connectivity index (χ0n) is 11.5. The van der Waals surface area contributed by atoms with Crippen molar-refractivity contribution in [2.24, 2.45) is 7.05 Å². The minimum absolute atomic E-state index is 0.836. The van der Waals surface area contributed by atoms with E-state index in [-0.39, 0.29) is 0 Å². The molecule has 0 radical (unpaired) electrons. The normalized spacial score (nSPS) is 13.8. The van der Waals surface area contributed by atoms with E-state index in [4.69, 9.17) is 0 Å². The number of fused-ring (bicyclic) bond motifs is 1. The molecule has 0 unspecified atom stereocenters. The summed E-state index contributed by atoms with van der Waals surface area (Å²) in [4.78, 5) is 0. The van der Waals surface area contributed by atoms with Crippen molar-refractivity contribution in [1.82, 2.24) is 9.78 Å². The van der Waals surface area contributed by atoms with E-state index in [2.05, 4.69) is 33.9 Å². The van der Waals surface area contributed by atoms with Gasteiger partial charge in [-0.05, 0) is 30.9 Å². The third kappa shape index (κ3) is 2.43. The molecule has 3 rings (SSSR count). The quantitative estimate of drug-likeness (QED) is 0.887. The largest absolute Gasteiger partial charge is 0.385 e. The first-order chi connectivity index (χ1) is 9.24. The van der Waals surface area contributed by atoms with Crippen LogP contribution in [0.15, 0.2) is 24.4 Å². The third-order valence-corrected chi connectivity index (χ3v) is 3.64. The molecule has 1 aromatic carbocycles. The molecular weight excluding hydrogens is 236 g/mol. The van der Waals surface area contributed by atoms with E-state index in [1.54, 1.807) is 0 Å². The highest BCUT2D eigenvalue weighted by molar-refractivity contribution is 5.60. The predicted molar refractivity (Wildman–Crippen MR) is 78.5 cm³/mol. The topological polar surface area (TPSA) is 41.9 Å². The van der Waals surface area contributed by atoms with Crippen molar-refractivity contribution in [3.63, 3.8) is 0 Å². The molecule has 1 aliphatic heterocycles. The third-order valence-electron chi connectivity index (χ3n) is 3.64. The van der Waals surface area contributed by atoms with Gasteiger partial charge < -0.3 is 10.6 Å². The van der Waals surface area contributed by atoms with Crippen molar-refractivity contribution < 1.29 is 0 Å². The second-order valence-corrected chi connectivity index (χ2v) is 5.14. The molecule has 100 valence electrons. The fourth-order valence-electron chi connectivity index (χ4n) is 2.69. The molecule has 19 heavy (non-hydrogen) atoms. The lowest BCUT2D eigenvalue weighted by Crippen LogP contribution is -2.15. The van der Waals surface area contributed by atoms with E-state index >= 15 is 0 Å². The van der Waals surface area contributed by atoms with Crippen molar-refractivity contribution in [3.05, 3.63) is 41.2 Å². The fraction of sp³-hybridized carbons (Fsp3) is 0.400. The lowest BCUT2D eigenvalue weighted by atomic mass is 9.99. The first-order valence-electron chi connectivity index (χ1n) is 6.83. The number of rotatable bonds is 3. The Kier molecular flexibility index (Phi) is 3.15. The highest BCUT2D eigenvalue weighted by atomic mass is 15.3. The summed E-state index contributed by atoms with van der Waals surface area (Å²) in [6, 6.07) is 6.56. The molecular formula is C15H20N4. The maximum absolute atomic E-state index is 4.35. The number of benzene rings is 1. The molecule has 0 saturated heterocycles. The minimum atomic E-state index is 0.836. The SMILES string of the molecule is Cc1nn(C)cc1NCc1cccc2c1NCCC2. The Hall–Kier alpha value is -1.97. The molecule has 2 heterocycles. The summed E-state index contributed by atoms with van der Waals surface area (Å²) in [5.74, 6) is 0. The number of aryl methyl sites for hydroxylation is 3. The molecule has 0 aliphatic carbocycles. The monoisotopic (exact) mass is 256 g/mol. The van der Waals surface area contributed by atoms with Crippen LogP contribution in [0.4, 0.5) is 11.4 Å². The maximum Gasteiger partial charge on any atom is 0.0825 e. The second-order valence-electron chi connectivity index (χ2n) is 5.14. The number of nitrogens with zero attached hydrogens (tertiary/aromatic N) is 2. The van der Waals surface area contributed by atoms with Crippen molar-refractivity contribution >= 4 is 11.4 Å². The maximum atomic E-state index is 4.35. The Bertz CT molecular complexity index is 586. The summed E-state index contributed by atoms with van der Waals surface area (Å²) in [5, 5.41) is 11.4. The van der Waals surface area contributed by atoms with Gasteiger partial charge >= 0.3 is 0 Å². The zero-order valence-corrected chi connectivity index (χ0v) is 11.5. The van der Waals surface area contributed by atoms with Crippen LogP contribution in [0.2, 0.25) is 0 Å². The summed E-state index contributed by atoms with van der Waals surface area (Å²) in [6.07, 6.45) is 4.44. The average Bonchev–Trinajstić information content (AvgIpc) is 2.74. The van der Waals surface area contributed by atoms with Gasteiger partial charge in [-0.2, -0.15) is 5.10 Å². The van der Waals surface area contributed by atoms with Crippen molar-refractivity contribution in [2.75, 3.05) is 17.2 Å². The van der Waals surface area contributed by atoms with Crippen LogP contribution in [-0.2, 0) is 20.0 Å². The van der Waals surface area contributed by atoms with Gasteiger partial charge in [0.25, 0.3) is 0 Å². The Morgan fingerprint density at radius 2 is 2.32 bits per heavy atom. The number of aromatic nitrogens is 2. The second kappa shape index (κ2) is 4.96. The number of nitrogens with one attached hydrogen (secondary N) is 2. The highest BCUT2D eigenvalue weighted by Gasteiger charge is 2.12. The summed E-state index contributed by atoms with van der Waals surface area (Å²) >= 11 is 0. The van der Waals surface area contributed by atoms with Crippen LogP contribution in [0.3, 0.4) is 0 Å². The molecule has 1 aromatic heterocycles. The van der Waals surface area contributed by atoms with Gasteiger partial charge in [-0.15, -0.1) is 0 Å². The van der Waals surface area contributed by atoms with Crippen LogP contribution in [0, 0.1) is 6.92 Å². The summed E-state index contributed by atoms with van der Waals surface area (Å²) < 4.78 is 1.84.